The minimum absolute atomic E-state index is 0.000509. The van der Waals surface area contributed by atoms with Crippen LogP contribution in [0.4, 0.5) is 0 Å². The number of nitrogens with one attached hydrogen (secondary N) is 2. The zero-order valence-electron chi connectivity index (χ0n) is 17.7. The predicted octanol–water partition coefficient (Wildman–Crippen LogP) is 2.15. The van der Waals surface area contributed by atoms with Crippen molar-refractivity contribution in [2.24, 2.45) is 4.99 Å². The summed E-state index contributed by atoms with van der Waals surface area (Å²) in [5.74, 6) is 1.41. The van der Waals surface area contributed by atoms with Gasteiger partial charge in [0.15, 0.2) is 5.96 Å². The van der Waals surface area contributed by atoms with E-state index in [1.807, 2.05) is 50.2 Å². The lowest BCUT2D eigenvalue weighted by Gasteiger charge is -2.18. The van der Waals surface area contributed by atoms with Gasteiger partial charge in [-0.05, 0) is 37.6 Å². The van der Waals surface area contributed by atoms with Gasteiger partial charge in [-0.3, -0.25) is 9.78 Å². The van der Waals surface area contributed by atoms with Crippen molar-refractivity contribution in [1.82, 2.24) is 20.5 Å². The summed E-state index contributed by atoms with van der Waals surface area (Å²) < 4.78 is 5.44. The van der Waals surface area contributed by atoms with E-state index in [0.717, 1.165) is 29.0 Å². The number of hydrogen-bond donors (Lipinski definition) is 2. The maximum Gasteiger partial charge on any atom is 0.241 e. The lowest BCUT2D eigenvalue weighted by atomic mass is 10.1. The topological polar surface area (TPSA) is 78.9 Å². The van der Waals surface area contributed by atoms with Gasteiger partial charge in [-0.25, -0.2) is 4.99 Å². The Hall–Kier alpha value is -3.09. The molecule has 0 saturated carbocycles. The number of ether oxygens (including phenoxy) is 1. The van der Waals surface area contributed by atoms with Gasteiger partial charge in [0.05, 0.1) is 20.2 Å². The maximum atomic E-state index is 12.4. The molecule has 0 radical (unpaired) electrons. The molecule has 2 aromatic rings. The molecule has 0 bridgehead atoms. The van der Waals surface area contributed by atoms with Gasteiger partial charge in [-0.2, -0.15) is 0 Å². The van der Waals surface area contributed by atoms with Crippen molar-refractivity contribution >= 4 is 11.9 Å². The first-order valence-corrected chi connectivity index (χ1v) is 9.83. The molecule has 2 rings (SSSR count). The molecule has 0 aliphatic carbocycles. The first-order chi connectivity index (χ1) is 14.0. The normalized spacial score (nSPS) is 11.1. The molecule has 0 saturated heterocycles. The summed E-state index contributed by atoms with van der Waals surface area (Å²) in [6.07, 6.45) is 2.49. The van der Waals surface area contributed by atoms with Gasteiger partial charge in [0.2, 0.25) is 5.91 Å². The Morgan fingerprint density at radius 2 is 2.07 bits per heavy atom. The molecule has 1 amide bonds. The van der Waals surface area contributed by atoms with Gasteiger partial charge in [0.25, 0.3) is 0 Å². The second kappa shape index (κ2) is 11.7. The molecule has 7 heteroatoms. The number of carbonyl (C=O) groups is 1. The molecule has 1 heterocycles. The number of aryl methyl sites for hydroxylation is 1. The Labute approximate surface area is 173 Å². The lowest BCUT2D eigenvalue weighted by molar-refractivity contribution is -0.128. The van der Waals surface area contributed by atoms with E-state index in [9.17, 15) is 4.79 Å². The Morgan fingerprint density at radius 3 is 2.76 bits per heavy atom. The zero-order valence-corrected chi connectivity index (χ0v) is 17.7. The monoisotopic (exact) mass is 397 g/mol. The number of hydrogen-bond acceptors (Lipinski definition) is 4. The van der Waals surface area contributed by atoms with Crippen LogP contribution in [-0.2, 0) is 17.8 Å². The molecule has 0 spiro atoms. The molecule has 29 heavy (non-hydrogen) atoms. The third kappa shape index (κ3) is 7.44. The van der Waals surface area contributed by atoms with Gasteiger partial charge in [0, 0.05) is 44.0 Å². The van der Waals surface area contributed by atoms with Gasteiger partial charge in [-0.1, -0.05) is 18.2 Å². The van der Waals surface area contributed by atoms with E-state index in [1.54, 1.807) is 25.3 Å². The first kappa shape index (κ1) is 22.2. The van der Waals surface area contributed by atoms with Crippen LogP contribution in [0.2, 0.25) is 0 Å². The summed E-state index contributed by atoms with van der Waals surface area (Å²) in [6, 6.07) is 11.8. The Morgan fingerprint density at radius 1 is 1.24 bits per heavy atom. The molecule has 1 aromatic carbocycles. The van der Waals surface area contributed by atoms with Gasteiger partial charge in [0.1, 0.15) is 5.75 Å². The van der Waals surface area contributed by atoms with E-state index < -0.39 is 0 Å². The predicted molar refractivity (Wildman–Crippen MR) is 116 cm³/mol. The second-order valence-electron chi connectivity index (χ2n) is 6.75. The molecule has 2 N–H and O–H groups in total. The van der Waals surface area contributed by atoms with Crippen LogP contribution in [0.1, 0.15) is 23.7 Å². The lowest BCUT2D eigenvalue weighted by Crippen LogP contribution is -2.44. The standard InChI is InChI=1S/C22H31N5O2/c1-5-23-22(25-15-18-10-9-17(2)14-20(18)29-4)26-16-21(28)27(3)13-11-19-8-6-7-12-24-19/h6-10,12,14H,5,11,13,15-16H2,1-4H3,(H2,23,25,26). The second-order valence-corrected chi connectivity index (χ2v) is 6.75. The first-order valence-electron chi connectivity index (χ1n) is 9.83. The van der Waals surface area contributed by atoms with Crippen LogP contribution < -0.4 is 15.4 Å². The molecule has 0 unspecified atom stereocenters. The number of likely N-dealkylation sites (N-methyl/N-ethyl adjacent to an activating group) is 1. The molecule has 0 aliphatic rings. The van der Waals surface area contributed by atoms with Crippen molar-refractivity contribution in [3.05, 3.63) is 59.4 Å². The number of carbonyl (C=O) groups excluding carboxylic acids is 1. The Kier molecular flexibility index (Phi) is 8.95. The van der Waals surface area contributed by atoms with Crippen LogP contribution >= 0.6 is 0 Å². The van der Waals surface area contributed by atoms with Crippen molar-refractivity contribution in [1.29, 1.82) is 0 Å². The van der Waals surface area contributed by atoms with E-state index in [0.29, 0.717) is 25.6 Å². The van der Waals surface area contributed by atoms with Crippen LogP contribution in [-0.4, -0.2) is 55.5 Å². The van der Waals surface area contributed by atoms with Crippen molar-refractivity contribution in [3.63, 3.8) is 0 Å². The summed E-state index contributed by atoms with van der Waals surface area (Å²) in [6.45, 7) is 5.98. The quantitative estimate of drug-likeness (QED) is 0.501. The SMILES string of the molecule is CCNC(=NCc1ccc(C)cc1OC)NCC(=O)N(C)CCc1ccccn1. The van der Waals surface area contributed by atoms with Crippen LogP contribution in [0, 0.1) is 6.92 Å². The van der Waals surface area contributed by atoms with Crippen LogP contribution in [0.3, 0.4) is 0 Å². The van der Waals surface area contributed by atoms with Crippen molar-refractivity contribution in [3.8, 4) is 5.75 Å². The number of aromatic nitrogens is 1. The van der Waals surface area contributed by atoms with Crippen molar-refractivity contribution in [2.75, 3.05) is 33.8 Å². The highest BCUT2D eigenvalue weighted by Crippen LogP contribution is 2.20. The van der Waals surface area contributed by atoms with Crippen LogP contribution in [0.15, 0.2) is 47.6 Å². The largest absolute Gasteiger partial charge is 0.496 e. The fourth-order valence-corrected chi connectivity index (χ4v) is 2.74. The highest BCUT2D eigenvalue weighted by atomic mass is 16.5. The summed E-state index contributed by atoms with van der Waals surface area (Å²) in [7, 11) is 3.46. The molecule has 0 aliphatic heterocycles. The molecule has 0 fully saturated rings. The smallest absolute Gasteiger partial charge is 0.241 e. The Bertz CT molecular complexity index is 808. The average Bonchev–Trinajstić information content (AvgIpc) is 2.74. The number of guanidine groups is 1. The van der Waals surface area contributed by atoms with E-state index in [2.05, 4.69) is 20.6 Å². The summed E-state index contributed by atoms with van der Waals surface area (Å²) in [5, 5.41) is 6.28. The minimum Gasteiger partial charge on any atom is -0.496 e. The van der Waals surface area contributed by atoms with Gasteiger partial charge < -0.3 is 20.3 Å². The molecular formula is C22H31N5O2. The highest BCUT2D eigenvalue weighted by molar-refractivity contribution is 5.86. The third-order valence-electron chi connectivity index (χ3n) is 4.46. The number of amides is 1. The summed E-state index contributed by atoms with van der Waals surface area (Å²) in [4.78, 5) is 23.0. The van der Waals surface area contributed by atoms with Crippen molar-refractivity contribution in [2.45, 2.75) is 26.8 Å². The number of methoxy groups -OCH3 is 1. The number of pyridine rings is 1. The van der Waals surface area contributed by atoms with Crippen molar-refractivity contribution < 1.29 is 9.53 Å². The molecular weight excluding hydrogens is 366 g/mol. The fourth-order valence-electron chi connectivity index (χ4n) is 2.74. The van der Waals surface area contributed by atoms with Crippen LogP contribution in [0.5, 0.6) is 5.75 Å². The number of rotatable bonds is 9. The van der Waals surface area contributed by atoms with Crippen LogP contribution in [0.25, 0.3) is 0 Å². The minimum atomic E-state index is -0.000509. The maximum absolute atomic E-state index is 12.4. The Balaban J connectivity index is 1.89. The van der Waals surface area contributed by atoms with Gasteiger partial charge >= 0.3 is 0 Å². The number of aliphatic imine (C=N–C) groups is 1. The summed E-state index contributed by atoms with van der Waals surface area (Å²) in [5.41, 5.74) is 3.11. The van der Waals surface area contributed by atoms with E-state index in [4.69, 9.17) is 4.74 Å². The summed E-state index contributed by atoms with van der Waals surface area (Å²) >= 11 is 0. The number of benzene rings is 1. The number of nitrogens with zero attached hydrogens (tertiary/aromatic N) is 3. The molecule has 1 aromatic heterocycles. The molecule has 156 valence electrons. The third-order valence-corrected chi connectivity index (χ3v) is 4.46. The van der Waals surface area contributed by atoms with Gasteiger partial charge in [-0.15, -0.1) is 0 Å². The van der Waals surface area contributed by atoms with E-state index >= 15 is 0 Å². The molecule has 7 nitrogen and oxygen atoms in total. The molecule has 0 atom stereocenters. The van der Waals surface area contributed by atoms with E-state index in [-0.39, 0.29) is 12.5 Å². The fraction of sp³-hybridized carbons (Fsp3) is 0.409. The zero-order chi connectivity index (χ0) is 21.1. The van der Waals surface area contributed by atoms with E-state index in [1.165, 1.54) is 0 Å². The average molecular weight is 398 g/mol. The highest BCUT2D eigenvalue weighted by Gasteiger charge is 2.10.